The molecule has 2 aliphatic heterocycles. The molecule has 0 radical (unpaired) electrons. The highest BCUT2D eigenvalue weighted by atomic mass is 32.2. The van der Waals surface area contributed by atoms with E-state index in [4.69, 9.17) is 9.73 Å². The minimum Gasteiger partial charge on any atom is -0.375 e. The number of nitrogens with one attached hydrogen (secondary N) is 1. The van der Waals surface area contributed by atoms with Crippen LogP contribution in [0.2, 0.25) is 0 Å². The molecule has 3 aromatic rings. The molecule has 2 aliphatic rings. The highest BCUT2D eigenvalue weighted by Gasteiger charge is 2.36. The van der Waals surface area contributed by atoms with Gasteiger partial charge in [0.1, 0.15) is 0 Å². The van der Waals surface area contributed by atoms with Gasteiger partial charge >= 0.3 is 5.69 Å². The first-order chi connectivity index (χ1) is 14.7. The Labute approximate surface area is 183 Å². The Hall–Kier alpha value is -2.52. The van der Waals surface area contributed by atoms with E-state index in [1.54, 1.807) is 35.0 Å². The molecule has 2 aromatic heterocycles. The number of hydrogen-bond acceptors (Lipinski definition) is 5. The topological polar surface area (TPSA) is 86.3 Å². The summed E-state index contributed by atoms with van der Waals surface area (Å²) in [7, 11) is 3.55. The van der Waals surface area contributed by atoms with Crippen molar-refractivity contribution in [2.75, 3.05) is 6.61 Å². The standard InChI is InChI=1S/C22H27N5O3S/c1-12-23-19-17(20(28)24-27(19)14-8-9-30-22(2,3)11-14)18(31-12)13-6-7-15-16(10-13)26(5)21(29)25(15)4/h6-7,10,14,18H,8-9,11H2,1-5H3,(H,24,28)/t14-,18-/m1/s1. The van der Waals surface area contributed by atoms with Gasteiger partial charge < -0.3 is 4.74 Å². The van der Waals surface area contributed by atoms with Crippen molar-refractivity contribution in [1.29, 1.82) is 0 Å². The molecule has 1 saturated heterocycles. The molecular weight excluding hydrogens is 414 g/mol. The number of aromatic amines is 1. The molecule has 1 aromatic carbocycles. The van der Waals surface area contributed by atoms with Crippen molar-refractivity contribution in [3.63, 3.8) is 0 Å². The van der Waals surface area contributed by atoms with Crippen LogP contribution >= 0.6 is 11.8 Å². The number of imidazole rings is 1. The second kappa shape index (κ2) is 7.00. The summed E-state index contributed by atoms with van der Waals surface area (Å²) in [4.78, 5) is 30.2. The number of H-pyrrole nitrogens is 1. The second-order valence-corrected chi connectivity index (χ2v) is 10.4. The summed E-state index contributed by atoms with van der Waals surface area (Å²) in [5.74, 6) is 0.719. The fourth-order valence-corrected chi connectivity index (χ4v) is 5.91. The van der Waals surface area contributed by atoms with E-state index < -0.39 is 0 Å². The third kappa shape index (κ3) is 3.22. The second-order valence-electron chi connectivity index (χ2n) is 9.08. The summed E-state index contributed by atoms with van der Waals surface area (Å²) in [5.41, 5.74) is 3.00. The van der Waals surface area contributed by atoms with Crippen LogP contribution in [0.4, 0.5) is 5.82 Å². The van der Waals surface area contributed by atoms with Crippen LogP contribution < -0.4 is 11.2 Å². The summed E-state index contributed by atoms with van der Waals surface area (Å²) in [5, 5.41) is 3.81. The quantitative estimate of drug-likeness (QED) is 0.661. The number of thioether (sulfide) groups is 1. The van der Waals surface area contributed by atoms with E-state index in [1.807, 2.05) is 29.8 Å². The van der Waals surface area contributed by atoms with Crippen LogP contribution in [-0.4, -0.2) is 36.2 Å². The molecule has 9 heteroatoms. The molecule has 1 N–H and O–H groups in total. The van der Waals surface area contributed by atoms with Crippen molar-refractivity contribution in [2.45, 2.75) is 50.5 Å². The van der Waals surface area contributed by atoms with Crippen LogP contribution in [0, 0.1) is 0 Å². The lowest BCUT2D eigenvalue weighted by molar-refractivity contribution is -0.0705. The van der Waals surface area contributed by atoms with E-state index >= 15 is 0 Å². The zero-order chi connectivity index (χ0) is 22.1. The number of aliphatic imine (C=N–C) groups is 1. The molecule has 2 atom stereocenters. The van der Waals surface area contributed by atoms with E-state index in [9.17, 15) is 9.59 Å². The SMILES string of the molecule is CC1=Nc2c(c(=O)[nH]n2[C@@H]2CCOC(C)(C)C2)[C@@H](c2ccc3c(c2)n(C)c(=O)n3C)S1. The van der Waals surface area contributed by atoms with Gasteiger partial charge in [0.2, 0.25) is 0 Å². The maximum Gasteiger partial charge on any atom is 0.328 e. The third-order valence-corrected chi connectivity index (χ3v) is 7.56. The summed E-state index contributed by atoms with van der Waals surface area (Å²) in [6.45, 7) is 6.80. The number of ether oxygens (including phenoxy) is 1. The van der Waals surface area contributed by atoms with E-state index in [0.717, 1.165) is 40.3 Å². The average molecular weight is 442 g/mol. The lowest BCUT2D eigenvalue weighted by Crippen LogP contribution is -2.35. The van der Waals surface area contributed by atoms with Gasteiger partial charge in [-0.05, 0) is 51.3 Å². The van der Waals surface area contributed by atoms with Crippen LogP contribution in [0.15, 0.2) is 32.8 Å². The number of aromatic nitrogens is 4. The minimum absolute atomic E-state index is 0.0620. The lowest BCUT2D eigenvalue weighted by Gasteiger charge is -2.36. The van der Waals surface area contributed by atoms with Crippen molar-refractivity contribution in [3.05, 3.63) is 50.2 Å². The van der Waals surface area contributed by atoms with E-state index in [2.05, 4.69) is 18.9 Å². The molecule has 0 amide bonds. The molecule has 0 aliphatic carbocycles. The molecule has 0 spiro atoms. The predicted octanol–water partition coefficient (Wildman–Crippen LogP) is 3.38. The van der Waals surface area contributed by atoms with Crippen LogP contribution in [0.5, 0.6) is 0 Å². The number of fused-ring (bicyclic) bond motifs is 2. The lowest BCUT2D eigenvalue weighted by atomic mass is 9.94. The van der Waals surface area contributed by atoms with Crippen LogP contribution in [-0.2, 0) is 18.8 Å². The Morgan fingerprint density at radius 1 is 1.19 bits per heavy atom. The van der Waals surface area contributed by atoms with Crippen molar-refractivity contribution in [3.8, 4) is 0 Å². The van der Waals surface area contributed by atoms with Gasteiger partial charge in [0.15, 0.2) is 5.82 Å². The summed E-state index contributed by atoms with van der Waals surface area (Å²) in [6.07, 6.45) is 1.65. The molecule has 0 bridgehead atoms. The number of rotatable bonds is 2. The molecule has 5 rings (SSSR count). The van der Waals surface area contributed by atoms with Gasteiger partial charge in [-0.2, -0.15) is 0 Å². The highest BCUT2D eigenvalue weighted by molar-refractivity contribution is 8.14. The summed E-state index contributed by atoms with van der Waals surface area (Å²) in [6, 6.07) is 6.12. The fraction of sp³-hybridized carbons (Fsp3) is 0.500. The highest BCUT2D eigenvalue weighted by Crippen LogP contribution is 2.45. The zero-order valence-electron chi connectivity index (χ0n) is 18.4. The Morgan fingerprint density at radius 2 is 1.94 bits per heavy atom. The van der Waals surface area contributed by atoms with Gasteiger partial charge in [0, 0.05) is 20.7 Å². The Kier molecular flexibility index (Phi) is 4.60. The monoisotopic (exact) mass is 441 g/mol. The largest absolute Gasteiger partial charge is 0.375 e. The molecule has 0 saturated carbocycles. The Balaban J connectivity index is 1.63. The first kappa shape index (κ1) is 20.4. The molecule has 8 nitrogen and oxygen atoms in total. The van der Waals surface area contributed by atoms with Crippen LogP contribution in [0.1, 0.15) is 56.0 Å². The maximum absolute atomic E-state index is 13.1. The molecular formula is C22H27N5O3S. The van der Waals surface area contributed by atoms with E-state index in [1.165, 1.54) is 0 Å². The third-order valence-electron chi connectivity index (χ3n) is 6.38. The van der Waals surface area contributed by atoms with Gasteiger partial charge in [-0.1, -0.05) is 17.8 Å². The van der Waals surface area contributed by atoms with Crippen molar-refractivity contribution >= 4 is 33.7 Å². The van der Waals surface area contributed by atoms with Crippen molar-refractivity contribution in [2.24, 2.45) is 19.1 Å². The Bertz CT molecular complexity index is 1340. The molecule has 31 heavy (non-hydrogen) atoms. The predicted molar refractivity (Wildman–Crippen MR) is 124 cm³/mol. The number of hydrogen-bond donors (Lipinski definition) is 1. The molecule has 1 fully saturated rings. The number of nitrogens with zero attached hydrogens (tertiary/aromatic N) is 4. The smallest absolute Gasteiger partial charge is 0.328 e. The van der Waals surface area contributed by atoms with Crippen LogP contribution in [0.3, 0.4) is 0 Å². The molecule has 164 valence electrons. The van der Waals surface area contributed by atoms with Crippen LogP contribution in [0.25, 0.3) is 11.0 Å². The maximum atomic E-state index is 13.1. The Morgan fingerprint density at radius 3 is 2.68 bits per heavy atom. The average Bonchev–Trinajstić information content (AvgIpc) is 3.16. The van der Waals surface area contributed by atoms with Gasteiger partial charge in [0.25, 0.3) is 5.56 Å². The number of benzene rings is 1. The zero-order valence-corrected chi connectivity index (χ0v) is 19.2. The van der Waals surface area contributed by atoms with Gasteiger partial charge in [-0.15, -0.1) is 0 Å². The normalized spacial score (nSPS) is 23.1. The number of aryl methyl sites for hydroxylation is 2. The van der Waals surface area contributed by atoms with Gasteiger partial charge in [-0.3, -0.25) is 23.7 Å². The summed E-state index contributed by atoms with van der Waals surface area (Å²) >= 11 is 1.58. The minimum atomic E-state index is -0.234. The first-order valence-corrected chi connectivity index (χ1v) is 11.4. The van der Waals surface area contributed by atoms with E-state index in [-0.39, 0.29) is 28.1 Å². The van der Waals surface area contributed by atoms with Gasteiger partial charge in [0.05, 0.1) is 38.5 Å². The molecule has 4 heterocycles. The van der Waals surface area contributed by atoms with E-state index in [0.29, 0.717) is 12.2 Å². The first-order valence-electron chi connectivity index (χ1n) is 10.5. The van der Waals surface area contributed by atoms with Crippen molar-refractivity contribution < 1.29 is 4.74 Å². The summed E-state index contributed by atoms with van der Waals surface area (Å²) < 4.78 is 11.1. The molecule has 0 unspecified atom stereocenters. The van der Waals surface area contributed by atoms with Crippen molar-refractivity contribution in [1.82, 2.24) is 18.9 Å². The fourth-order valence-electron chi connectivity index (χ4n) is 4.82. The van der Waals surface area contributed by atoms with Gasteiger partial charge in [-0.25, -0.2) is 9.79 Å².